The van der Waals surface area contributed by atoms with Crippen LogP contribution in [0.1, 0.15) is 29.6 Å². The molecular formula is C13H16ClIN2O. The van der Waals surface area contributed by atoms with Gasteiger partial charge >= 0.3 is 0 Å². The normalized spacial score (nSPS) is 23.1. The summed E-state index contributed by atoms with van der Waals surface area (Å²) in [5, 5.41) is 3.55. The molecule has 0 radical (unpaired) electrons. The van der Waals surface area contributed by atoms with Gasteiger partial charge in [-0.05, 0) is 66.1 Å². The van der Waals surface area contributed by atoms with Gasteiger partial charge in [-0.1, -0.05) is 18.0 Å². The maximum Gasteiger partial charge on any atom is 0.253 e. The summed E-state index contributed by atoms with van der Waals surface area (Å²) < 4.78 is 1.02. The number of rotatable bonds is 3. The summed E-state index contributed by atoms with van der Waals surface area (Å²) in [6, 6.07) is 5.65. The maximum absolute atomic E-state index is 12.2. The molecule has 1 saturated carbocycles. The van der Waals surface area contributed by atoms with Gasteiger partial charge in [0.05, 0.1) is 10.6 Å². The summed E-state index contributed by atoms with van der Waals surface area (Å²) >= 11 is 8.26. The number of carbonyl (C=O) groups is 1. The molecule has 2 unspecified atom stereocenters. The van der Waals surface area contributed by atoms with Crippen LogP contribution >= 0.6 is 34.2 Å². The SMILES string of the molecule is NCC1CCCC1NC(=O)c1ccc(I)cc1Cl. The fourth-order valence-electron chi connectivity index (χ4n) is 2.43. The average molecular weight is 379 g/mol. The van der Waals surface area contributed by atoms with Crippen LogP contribution in [0, 0.1) is 9.49 Å². The van der Waals surface area contributed by atoms with Gasteiger partial charge in [0, 0.05) is 9.61 Å². The zero-order chi connectivity index (χ0) is 13.1. The van der Waals surface area contributed by atoms with E-state index >= 15 is 0 Å². The Bertz CT molecular complexity index is 453. The van der Waals surface area contributed by atoms with E-state index in [-0.39, 0.29) is 11.9 Å². The molecule has 1 fully saturated rings. The molecule has 2 atom stereocenters. The molecule has 18 heavy (non-hydrogen) atoms. The highest BCUT2D eigenvalue weighted by atomic mass is 127. The van der Waals surface area contributed by atoms with Crippen LogP contribution in [0.25, 0.3) is 0 Å². The van der Waals surface area contributed by atoms with E-state index in [9.17, 15) is 4.79 Å². The fourth-order valence-corrected chi connectivity index (χ4v) is 3.37. The Morgan fingerprint density at radius 3 is 2.94 bits per heavy atom. The summed E-state index contributed by atoms with van der Waals surface area (Å²) in [4.78, 5) is 12.2. The first-order chi connectivity index (χ1) is 8.61. The van der Waals surface area contributed by atoms with E-state index in [2.05, 4.69) is 27.9 Å². The molecule has 3 nitrogen and oxygen atoms in total. The van der Waals surface area contributed by atoms with Crippen molar-refractivity contribution in [2.24, 2.45) is 11.7 Å². The van der Waals surface area contributed by atoms with Crippen molar-refractivity contribution < 1.29 is 4.79 Å². The lowest BCUT2D eigenvalue weighted by Crippen LogP contribution is -2.39. The molecule has 2 rings (SSSR count). The number of hydrogen-bond donors (Lipinski definition) is 2. The molecule has 5 heteroatoms. The fraction of sp³-hybridized carbons (Fsp3) is 0.462. The second-order valence-corrected chi connectivity index (χ2v) is 6.28. The van der Waals surface area contributed by atoms with Crippen LogP contribution in [0.4, 0.5) is 0 Å². The lowest BCUT2D eigenvalue weighted by Gasteiger charge is -2.19. The highest BCUT2D eigenvalue weighted by molar-refractivity contribution is 14.1. The number of hydrogen-bond acceptors (Lipinski definition) is 2. The Morgan fingerprint density at radius 2 is 2.28 bits per heavy atom. The Morgan fingerprint density at radius 1 is 1.50 bits per heavy atom. The van der Waals surface area contributed by atoms with Gasteiger partial charge in [0.15, 0.2) is 0 Å². The van der Waals surface area contributed by atoms with Gasteiger partial charge in [0.2, 0.25) is 0 Å². The summed E-state index contributed by atoms with van der Waals surface area (Å²) in [5.74, 6) is 0.304. The predicted octanol–water partition coefficient (Wildman–Crippen LogP) is 2.80. The monoisotopic (exact) mass is 378 g/mol. The molecule has 3 N–H and O–H groups in total. The van der Waals surface area contributed by atoms with Gasteiger partial charge in [-0.3, -0.25) is 4.79 Å². The van der Waals surface area contributed by atoms with E-state index in [1.807, 2.05) is 6.07 Å². The van der Waals surface area contributed by atoms with Crippen LogP contribution in [-0.4, -0.2) is 18.5 Å². The number of nitrogens with one attached hydrogen (secondary N) is 1. The largest absolute Gasteiger partial charge is 0.349 e. The minimum absolute atomic E-state index is 0.0956. The molecule has 0 bridgehead atoms. The van der Waals surface area contributed by atoms with Gasteiger partial charge in [0.1, 0.15) is 0 Å². The van der Waals surface area contributed by atoms with Crippen LogP contribution in [0.3, 0.4) is 0 Å². The third-order valence-electron chi connectivity index (χ3n) is 3.45. The molecule has 0 spiro atoms. The molecule has 1 aromatic carbocycles. The quantitative estimate of drug-likeness (QED) is 0.795. The number of nitrogens with two attached hydrogens (primary N) is 1. The molecule has 1 aliphatic rings. The van der Waals surface area contributed by atoms with Crippen molar-refractivity contribution in [2.45, 2.75) is 25.3 Å². The summed E-state index contributed by atoms with van der Waals surface area (Å²) in [6.07, 6.45) is 3.24. The Labute approximate surface area is 126 Å². The molecule has 1 aromatic rings. The van der Waals surface area contributed by atoms with Gasteiger partial charge in [-0.25, -0.2) is 0 Å². The number of amides is 1. The lowest BCUT2D eigenvalue weighted by atomic mass is 10.0. The zero-order valence-corrected chi connectivity index (χ0v) is 12.9. The van der Waals surface area contributed by atoms with Crippen molar-refractivity contribution in [3.8, 4) is 0 Å². The summed E-state index contributed by atoms with van der Waals surface area (Å²) in [6.45, 7) is 0.630. The second kappa shape index (κ2) is 6.21. The summed E-state index contributed by atoms with van der Waals surface area (Å²) in [5.41, 5.74) is 6.25. The highest BCUT2D eigenvalue weighted by Crippen LogP contribution is 2.26. The Kier molecular flexibility index (Phi) is 4.86. The lowest BCUT2D eigenvalue weighted by molar-refractivity contribution is 0.0929. The standard InChI is InChI=1S/C13H16ClIN2O/c14-11-6-9(15)4-5-10(11)13(18)17-12-3-1-2-8(12)7-16/h4-6,8,12H,1-3,7,16H2,(H,17,18). The van der Waals surface area contributed by atoms with Crippen LogP contribution in [0.2, 0.25) is 5.02 Å². The second-order valence-electron chi connectivity index (χ2n) is 4.63. The third-order valence-corrected chi connectivity index (χ3v) is 4.44. The third kappa shape index (κ3) is 3.16. The van der Waals surface area contributed by atoms with Crippen LogP contribution in [-0.2, 0) is 0 Å². The first-order valence-electron chi connectivity index (χ1n) is 6.08. The van der Waals surface area contributed by atoms with Crippen LogP contribution in [0.5, 0.6) is 0 Å². The van der Waals surface area contributed by atoms with Crippen molar-refractivity contribution in [1.82, 2.24) is 5.32 Å². The van der Waals surface area contributed by atoms with E-state index in [1.54, 1.807) is 12.1 Å². The van der Waals surface area contributed by atoms with E-state index in [0.717, 1.165) is 22.8 Å². The first-order valence-corrected chi connectivity index (χ1v) is 7.53. The maximum atomic E-state index is 12.2. The van der Waals surface area contributed by atoms with Gasteiger partial charge in [-0.15, -0.1) is 0 Å². The minimum Gasteiger partial charge on any atom is -0.349 e. The smallest absolute Gasteiger partial charge is 0.253 e. The first kappa shape index (κ1) is 14.1. The van der Waals surface area contributed by atoms with Crippen LogP contribution < -0.4 is 11.1 Å². The van der Waals surface area contributed by atoms with Crippen molar-refractivity contribution in [3.63, 3.8) is 0 Å². The molecule has 1 amide bonds. The number of benzene rings is 1. The summed E-state index contributed by atoms with van der Waals surface area (Å²) in [7, 11) is 0. The Balaban J connectivity index is 2.07. The topological polar surface area (TPSA) is 55.1 Å². The van der Waals surface area contributed by atoms with Gasteiger partial charge in [-0.2, -0.15) is 0 Å². The number of carbonyl (C=O) groups excluding carboxylic acids is 1. The van der Waals surface area contributed by atoms with Gasteiger partial charge in [0.25, 0.3) is 5.91 Å². The van der Waals surface area contributed by atoms with Crippen molar-refractivity contribution >= 4 is 40.1 Å². The molecular weight excluding hydrogens is 363 g/mol. The average Bonchev–Trinajstić information content (AvgIpc) is 2.76. The van der Waals surface area contributed by atoms with Gasteiger partial charge < -0.3 is 11.1 Å². The van der Waals surface area contributed by atoms with Crippen LogP contribution in [0.15, 0.2) is 18.2 Å². The van der Waals surface area contributed by atoms with Crippen molar-refractivity contribution in [2.75, 3.05) is 6.54 Å². The zero-order valence-electron chi connectivity index (χ0n) is 9.96. The highest BCUT2D eigenvalue weighted by Gasteiger charge is 2.27. The molecule has 0 saturated heterocycles. The predicted molar refractivity (Wildman–Crippen MR) is 81.8 cm³/mol. The van der Waals surface area contributed by atoms with E-state index in [1.165, 1.54) is 0 Å². The molecule has 0 heterocycles. The van der Waals surface area contributed by atoms with Crippen molar-refractivity contribution in [1.29, 1.82) is 0 Å². The molecule has 0 aliphatic heterocycles. The Hall–Kier alpha value is -0.330. The van der Waals surface area contributed by atoms with E-state index < -0.39 is 0 Å². The molecule has 0 aromatic heterocycles. The van der Waals surface area contributed by atoms with E-state index in [0.29, 0.717) is 23.0 Å². The molecule has 98 valence electrons. The molecule has 1 aliphatic carbocycles. The minimum atomic E-state index is -0.0956. The number of halogens is 2. The van der Waals surface area contributed by atoms with E-state index in [4.69, 9.17) is 17.3 Å². The van der Waals surface area contributed by atoms with Crippen molar-refractivity contribution in [3.05, 3.63) is 32.4 Å².